The molecule has 0 amide bonds. The van der Waals surface area contributed by atoms with Gasteiger partial charge >= 0.3 is 0 Å². The summed E-state index contributed by atoms with van der Waals surface area (Å²) in [6.45, 7) is 0.0288. The van der Waals surface area contributed by atoms with Crippen LogP contribution in [0.3, 0.4) is 0 Å². The van der Waals surface area contributed by atoms with Gasteiger partial charge in [-0.2, -0.15) is 0 Å². The number of rotatable bonds is 13. The van der Waals surface area contributed by atoms with Crippen LogP contribution in [0.2, 0.25) is 0 Å². The van der Waals surface area contributed by atoms with Crippen LogP contribution >= 0.6 is 0 Å². The van der Waals surface area contributed by atoms with Gasteiger partial charge in [0.15, 0.2) is 26.2 Å². The van der Waals surface area contributed by atoms with Crippen LogP contribution in [0.25, 0.3) is 0 Å². The number of ketones is 1. The SMILES string of the molecule is COCOc1ccc(C(=O)C2CCCC2c2cc(OCOC)cc(CO)c2OCOC)cc1. The average molecular weight is 461 g/mol. The molecular weight excluding hydrogens is 428 g/mol. The fourth-order valence-electron chi connectivity index (χ4n) is 4.28. The highest BCUT2D eigenvalue weighted by atomic mass is 16.7. The van der Waals surface area contributed by atoms with E-state index in [9.17, 15) is 9.90 Å². The molecule has 1 N–H and O–H groups in total. The summed E-state index contributed by atoms with van der Waals surface area (Å²) in [4.78, 5) is 13.5. The minimum Gasteiger partial charge on any atom is -0.468 e. The number of aliphatic hydroxyl groups excluding tert-OH is 1. The minimum absolute atomic E-state index is 0.0343. The molecule has 33 heavy (non-hydrogen) atoms. The molecule has 0 heterocycles. The first-order chi connectivity index (χ1) is 16.1. The van der Waals surface area contributed by atoms with Gasteiger partial charge in [-0.15, -0.1) is 0 Å². The van der Waals surface area contributed by atoms with Crippen molar-refractivity contribution in [3.05, 3.63) is 53.1 Å². The van der Waals surface area contributed by atoms with Crippen LogP contribution in [0, 0.1) is 5.92 Å². The van der Waals surface area contributed by atoms with Gasteiger partial charge in [0.2, 0.25) is 0 Å². The Balaban J connectivity index is 1.91. The van der Waals surface area contributed by atoms with Crippen LogP contribution in [0.4, 0.5) is 0 Å². The number of carbonyl (C=O) groups excluding carboxylic acids is 1. The molecule has 0 aliphatic heterocycles. The number of hydrogen-bond acceptors (Lipinski definition) is 8. The van der Waals surface area contributed by atoms with Gasteiger partial charge in [0.25, 0.3) is 0 Å². The molecule has 8 nitrogen and oxygen atoms in total. The van der Waals surface area contributed by atoms with Crippen LogP contribution in [0.1, 0.15) is 46.7 Å². The number of ether oxygens (including phenoxy) is 6. The first kappa shape index (κ1) is 25.0. The lowest BCUT2D eigenvalue weighted by Gasteiger charge is -2.24. The normalized spacial score (nSPS) is 17.7. The summed E-state index contributed by atoms with van der Waals surface area (Å²) in [6.07, 6.45) is 2.51. The van der Waals surface area contributed by atoms with Gasteiger partial charge in [-0.05, 0) is 55.2 Å². The van der Waals surface area contributed by atoms with Crippen LogP contribution in [0.5, 0.6) is 17.2 Å². The van der Waals surface area contributed by atoms with Crippen molar-refractivity contribution in [1.29, 1.82) is 0 Å². The highest BCUT2D eigenvalue weighted by Gasteiger charge is 2.37. The maximum atomic E-state index is 13.5. The molecule has 0 saturated heterocycles. The van der Waals surface area contributed by atoms with Gasteiger partial charge in [0.1, 0.15) is 17.2 Å². The first-order valence-electron chi connectivity index (χ1n) is 10.9. The number of benzene rings is 2. The number of carbonyl (C=O) groups is 1. The zero-order valence-electron chi connectivity index (χ0n) is 19.4. The second-order valence-electron chi connectivity index (χ2n) is 7.84. The van der Waals surface area contributed by atoms with Crippen LogP contribution in [-0.4, -0.2) is 52.6 Å². The summed E-state index contributed by atoms with van der Waals surface area (Å²) in [5, 5.41) is 9.98. The van der Waals surface area contributed by atoms with E-state index in [2.05, 4.69) is 0 Å². The van der Waals surface area contributed by atoms with Gasteiger partial charge in [-0.3, -0.25) is 4.79 Å². The van der Waals surface area contributed by atoms with E-state index < -0.39 is 0 Å². The van der Waals surface area contributed by atoms with E-state index in [-0.39, 0.29) is 44.6 Å². The van der Waals surface area contributed by atoms with Crippen LogP contribution in [0.15, 0.2) is 36.4 Å². The lowest BCUT2D eigenvalue weighted by atomic mass is 9.82. The zero-order chi connectivity index (χ0) is 23.6. The Hall–Kier alpha value is -2.65. The largest absolute Gasteiger partial charge is 0.468 e. The van der Waals surface area contributed by atoms with Gasteiger partial charge < -0.3 is 33.5 Å². The Kier molecular flexibility index (Phi) is 9.50. The van der Waals surface area contributed by atoms with E-state index in [1.54, 1.807) is 44.6 Å². The third-order valence-corrected chi connectivity index (χ3v) is 5.74. The van der Waals surface area contributed by atoms with Gasteiger partial charge in [-0.1, -0.05) is 6.42 Å². The predicted molar refractivity (Wildman–Crippen MR) is 121 cm³/mol. The molecule has 0 spiro atoms. The predicted octanol–water partition coefficient (Wildman–Crippen LogP) is 3.89. The third-order valence-electron chi connectivity index (χ3n) is 5.74. The smallest absolute Gasteiger partial charge is 0.188 e. The molecule has 8 heteroatoms. The third kappa shape index (κ3) is 6.23. The maximum Gasteiger partial charge on any atom is 0.188 e. The second-order valence-corrected chi connectivity index (χ2v) is 7.84. The molecular formula is C25H32O8. The standard InChI is InChI=1S/C25H32O8/c1-28-14-31-19-9-7-17(8-10-19)24(27)22-6-4-5-21(22)23-12-20(32-15-29-2)11-18(13-26)25(23)33-16-30-3/h7-12,21-22,26H,4-6,13-16H2,1-3H3. The summed E-state index contributed by atoms with van der Waals surface area (Å²) >= 11 is 0. The quantitative estimate of drug-likeness (QED) is 0.356. The molecule has 2 atom stereocenters. The van der Waals surface area contributed by atoms with E-state index in [1.807, 2.05) is 6.07 Å². The Morgan fingerprint density at radius 3 is 2.15 bits per heavy atom. The molecule has 1 aliphatic rings. The molecule has 1 aliphatic carbocycles. The Labute approximate surface area is 194 Å². The summed E-state index contributed by atoms with van der Waals surface area (Å²) in [7, 11) is 4.64. The maximum absolute atomic E-state index is 13.5. The molecule has 2 unspecified atom stereocenters. The first-order valence-corrected chi connectivity index (χ1v) is 10.9. The number of hydrogen-bond donors (Lipinski definition) is 1. The highest BCUT2D eigenvalue weighted by molar-refractivity contribution is 5.98. The number of aliphatic hydroxyl groups is 1. The van der Waals surface area contributed by atoms with Crippen molar-refractivity contribution in [2.24, 2.45) is 5.92 Å². The monoisotopic (exact) mass is 460 g/mol. The van der Waals surface area contributed by atoms with E-state index in [0.29, 0.717) is 28.4 Å². The van der Waals surface area contributed by atoms with Crippen molar-refractivity contribution in [2.75, 3.05) is 41.7 Å². The molecule has 1 saturated carbocycles. The van der Waals surface area contributed by atoms with E-state index in [1.165, 1.54) is 7.11 Å². The minimum atomic E-state index is -0.232. The summed E-state index contributed by atoms with van der Waals surface area (Å²) in [5.41, 5.74) is 2.04. The Morgan fingerprint density at radius 2 is 1.52 bits per heavy atom. The fourth-order valence-corrected chi connectivity index (χ4v) is 4.28. The molecule has 0 bridgehead atoms. The van der Waals surface area contributed by atoms with E-state index in [4.69, 9.17) is 28.4 Å². The number of Topliss-reactive ketones (excluding diaryl/α,β-unsaturated/α-hetero) is 1. The Bertz CT molecular complexity index is 896. The van der Waals surface area contributed by atoms with Crippen molar-refractivity contribution in [3.8, 4) is 17.2 Å². The van der Waals surface area contributed by atoms with Crippen molar-refractivity contribution in [3.63, 3.8) is 0 Å². The molecule has 2 aromatic rings. The van der Waals surface area contributed by atoms with Gasteiger partial charge in [-0.25, -0.2) is 0 Å². The van der Waals surface area contributed by atoms with Crippen molar-refractivity contribution in [2.45, 2.75) is 31.8 Å². The summed E-state index contributed by atoms with van der Waals surface area (Å²) in [5.74, 6) is 1.51. The highest BCUT2D eigenvalue weighted by Crippen LogP contribution is 2.47. The van der Waals surface area contributed by atoms with Gasteiger partial charge in [0.05, 0.1) is 6.61 Å². The van der Waals surface area contributed by atoms with E-state index >= 15 is 0 Å². The molecule has 3 rings (SSSR count). The zero-order valence-corrected chi connectivity index (χ0v) is 19.4. The summed E-state index contributed by atoms with van der Waals surface area (Å²) < 4.78 is 32.0. The van der Waals surface area contributed by atoms with Crippen molar-refractivity contribution >= 4 is 5.78 Å². The lowest BCUT2D eigenvalue weighted by Crippen LogP contribution is -2.19. The number of methoxy groups -OCH3 is 3. The second kappa shape index (κ2) is 12.6. The Morgan fingerprint density at radius 1 is 0.879 bits per heavy atom. The topological polar surface area (TPSA) is 92.7 Å². The van der Waals surface area contributed by atoms with E-state index in [0.717, 1.165) is 24.8 Å². The van der Waals surface area contributed by atoms with Gasteiger partial charge in [0, 0.05) is 43.9 Å². The molecule has 2 aromatic carbocycles. The molecule has 1 fully saturated rings. The molecule has 0 radical (unpaired) electrons. The summed E-state index contributed by atoms with van der Waals surface area (Å²) in [6, 6.07) is 10.7. The lowest BCUT2D eigenvalue weighted by molar-refractivity contribution is 0.0458. The average Bonchev–Trinajstić information content (AvgIpc) is 3.34. The fraction of sp³-hybridized carbons (Fsp3) is 0.480. The van der Waals surface area contributed by atoms with Crippen molar-refractivity contribution < 1.29 is 38.3 Å². The van der Waals surface area contributed by atoms with Crippen molar-refractivity contribution in [1.82, 2.24) is 0 Å². The van der Waals surface area contributed by atoms with Crippen LogP contribution in [-0.2, 0) is 20.8 Å². The van der Waals surface area contributed by atoms with Crippen LogP contribution < -0.4 is 14.2 Å². The molecule has 180 valence electrons. The molecule has 0 aromatic heterocycles.